The van der Waals surface area contributed by atoms with Crippen LogP contribution in [0.15, 0.2) is 18.2 Å². The normalized spacial score (nSPS) is 20.2. The number of amides is 1. The lowest BCUT2D eigenvalue weighted by Crippen LogP contribution is -2.38. The summed E-state index contributed by atoms with van der Waals surface area (Å²) in [6.45, 7) is 5.58. The molecule has 2 atom stereocenters. The van der Waals surface area contributed by atoms with Crippen molar-refractivity contribution in [2.45, 2.75) is 77.6 Å². The van der Waals surface area contributed by atoms with Crippen LogP contribution in [0, 0.1) is 12.8 Å². The Morgan fingerprint density at radius 3 is 2.76 bits per heavy atom. The third-order valence-corrected chi connectivity index (χ3v) is 7.54. The molecular formula is C27H34ClF3N4O2. The van der Waals surface area contributed by atoms with Crippen LogP contribution in [0.5, 0.6) is 0 Å². The van der Waals surface area contributed by atoms with E-state index >= 15 is 0 Å². The van der Waals surface area contributed by atoms with Gasteiger partial charge in [-0.3, -0.25) is 4.79 Å². The molecule has 1 N–H and O–H groups in total. The van der Waals surface area contributed by atoms with Crippen molar-refractivity contribution in [3.05, 3.63) is 51.4 Å². The fourth-order valence-electron chi connectivity index (χ4n) is 5.33. The third kappa shape index (κ3) is 6.74. The van der Waals surface area contributed by atoms with Gasteiger partial charge in [-0.05, 0) is 81.2 Å². The van der Waals surface area contributed by atoms with E-state index in [1.807, 2.05) is 4.90 Å². The standard InChI is InChI=1S/C27H34ClF3N4O2/c1-17-20(9-7-10-22(17)27(29,30)31)18(2)32-24-21-16-35(13-5-3-11-23(21)33-26(28)34-24)25(36)19-8-4-6-14-37-15-12-19/h7,9-10,18-19H,3-6,8,11-16H2,1-2H3,(H,32,33,34)/t18-,19?/m1/s1. The van der Waals surface area contributed by atoms with Crippen LogP contribution < -0.4 is 5.32 Å². The van der Waals surface area contributed by atoms with Crippen molar-refractivity contribution in [1.82, 2.24) is 14.9 Å². The van der Waals surface area contributed by atoms with E-state index in [0.717, 1.165) is 56.0 Å². The van der Waals surface area contributed by atoms with Gasteiger partial charge >= 0.3 is 6.18 Å². The summed E-state index contributed by atoms with van der Waals surface area (Å²) in [7, 11) is 0. The maximum atomic E-state index is 13.6. The van der Waals surface area contributed by atoms with E-state index in [2.05, 4.69) is 15.3 Å². The summed E-state index contributed by atoms with van der Waals surface area (Å²) >= 11 is 6.27. The Bertz CT molecular complexity index is 1100. The molecule has 1 amide bonds. The van der Waals surface area contributed by atoms with Crippen molar-refractivity contribution in [3.63, 3.8) is 0 Å². The molecule has 1 unspecified atom stereocenters. The van der Waals surface area contributed by atoms with Crippen molar-refractivity contribution in [1.29, 1.82) is 0 Å². The lowest BCUT2D eigenvalue weighted by Gasteiger charge is -2.31. The number of fused-ring (bicyclic) bond motifs is 1. The van der Waals surface area contributed by atoms with Gasteiger partial charge in [0, 0.05) is 31.2 Å². The molecule has 1 aromatic heterocycles. The number of nitrogens with zero attached hydrogens (tertiary/aromatic N) is 3. The van der Waals surface area contributed by atoms with E-state index in [1.54, 1.807) is 13.0 Å². The largest absolute Gasteiger partial charge is 0.416 e. The van der Waals surface area contributed by atoms with Crippen molar-refractivity contribution in [2.24, 2.45) is 5.92 Å². The summed E-state index contributed by atoms with van der Waals surface area (Å²) in [5, 5.41) is 3.37. The summed E-state index contributed by atoms with van der Waals surface area (Å²) in [4.78, 5) is 24.3. The summed E-state index contributed by atoms with van der Waals surface area (Å²) in [6.07, 6.45) is 1.44. The number of benzene rings is 1. The van der Waals surface area contributed by atoms with Gasteiger partial charge in [-0.1, -0.05) is 18.6 Å². The van der Waals surface area contributed by atoms with Crippen LogP contribution in [-0.4, -0.2) is 40.5 Å². The molecule has 0 saturated carbocycles. The molecule has 1 saturated heterocycles. The highest BCUT2D eigenvalue weighted by molar-refractivity contribution is 6.28. The molecule has 0 radical (unpaired) electrons. The van der Waals surface area contributed by atoms with Gasteiger partial charge in [0.25, 0.3) is 0 Å². The highest BCUT2D eigenvalue weighted by atomic mass is 35.5. The first-order chi connectivity index (χ1) is 17.6. The molecule has 37 heavy (non-hydrogen) atoms. The molecule has 2 aromatic rings. The van der Waals surface area contributed by atoms with E-state index in [-0.39, 0.29) is 22.7 Å². The number of hydrogen-bond donors (Lipinski definition) is 1. The van der Waals surface area contributed by atoms with Gasteiger partial charge in [0.05, 0.1) is 23.8 Å². The van der Waals surface area contributed by atoms with Crippen molar-refractivity contribution < 1.29 is 22.7 Å². The van der Waals surface area contributed by atoms with E-state index in [9.17, 15) is 18.0 Å². The molecule has 2 aliphatic heterocycles. The Kier molecular flexibility index (Phi) is 8.95. The Labute approximate surface area is 221 Å². The maximum absolute atomic E-state index is 13.6. The topological polar surface area (TPSA) is 67.4 Å². The number of carbonyl (C=O) groups excluding carboxylic acids is 1. The molecular weight excluding hydrogens is 505 g/mol. The van der Waals surface area contributed by atoms with Crippen LogP contribution in [-0.2, 0) is 28.7 Å². The molecule has 4 rings (SSSR count). The van der Waals surface area contributed by atoms with Gasteiger partial charge in [-0.15, -0.1) is 0 Å². The average Bonchev–Trinajstić information content (AvgIpc) is 2.79. The number of anilines is 1. The predicted octanol–water partition coefficient (Wildman–Crippen LogP) is 6.50. The minimum absolute atomic E-state index is 0.0739. The Balaban J connectivity index is 1.62. The molecule has 3 heterocycles. The Morgan fingerprint density at radius 2 is 1.97 bits per heavy atom. The minimum Gasteiger partial charge on any atom is -0.381 e. The van der Waals surface area contributed by atoms with E-state index in [4.69, 9.17) is 16.3 Å². The third-order valence-electron chi connectivity index (χ3n) is 7.37. The summed E-state index contributed by atoms with van der Waals surface area (Å²) < 4.78 is 46.1. The molecule has 0 bridgehead atoms. The number of alkyl halides is 3. The van der Waals surface area contributed by atoms with Crippen molar-refractivity contribution in [2.75, 3.05) is 25.1 Å². The molecule has 6 nitrogen and oxygen atoms in total. The quantitative estimate of drug-likeness (QED) is 0.450. The molecule has 1 aromatic carbocycles. The number of carbonyl (C=O) groups is 1. The Morgan fingerprint density at radius 1 is 1.16 bits per heavy atom. The van der Waals surface area contributed by atoms with E-state index in [0.29, 0.717) is 43.9 Å². The van der Waals surface area contributed by atoms with Crippen LogP contribution in [0.25, 0.3) is 0 Å². The number of ether oxygens (including phenoxy) is 1. The monoisotopic (exact) mass is 538 g/mol. The fourth-order valence-corrected chi connectivity index (χ4v) is 5.52. The number of halogens is 4. The zero-order chi connectivity index (χ0) is 26.6. The van der Waals surface area contributed by atoms with Crippen LogP contribution >= 0.6 is 11.6 Å². The molecule has 10 heteroatoms. The zero-order valence-corrected chi connectivity index (χ0v) is 22.1. The van der Waals surface area contributed by atoms with Crippen LogP contribution in [0.4, 0.5) is 19.0 Å². The summed E-state index contributed by atoms with van der Waals surface area (Å²) in [5.74, 6) is 0.487. The second-order valence-electron chi connectivity index (χ2n) is 9.96. The summed E-state index contributed by atoms with van der Waals surface area (Å²) in [6, 6.07) is 3.71. The van der Waals surface area contributed by atoms with Crippen LogP contribution in [0.2, 0.25) is 5.28 Å². The lowest BCUT2D eigenvalue weighted by atomic mass is 9.95. The highest BCUT2D eigenvalue weighted by Gasteiger charge is 2.34. The van der Waals surface area contributed by atoms with Crippen LogP contribution in [0.1, 0.15) is 79.4 Å². The first-order valence-corrected chi connectivity index (χ1v) is 13.4. The maximum Gasteiger partial charge on any atom is 0.416 e. The molecule has 202 valence electrons. The second-order valence-corrected chi connectivity index (χ2v) is 10.3. The summed E-state index contributed by atoms with van der Waals surface area (Å²) in [5.41, 5.74) is 1.58. The number of nitrogens with one attached hydrogen (secondary N) is 1. The van der Waals surface area contributed by atoms with Crippen molar-refractivity contribution >= 4 is 23.3 Å². The zero-order valence-electron chi connectivity index (χ0n) is 21.3. The molecule has 2 aliphatic rings. The highest BCUT2D eigenvalue weighted by Crippen LogP contribution is 2.36. The predicted molar refractivity (Wildman–Crippen MR) is 136 cm³/mol. The smallest absolute Gasteiger partial charge is 0.381 e. The number of rotatable bonds is 4. The molecule has 0 aliphatic carbocycles. The van der Waals surface area contributed by atoms with Gasteiger partial charge in [-0.2, -0.15) is 13.2 Å². The first-order valence-electron chi connectivity index (χ1n) is 13.0. The van der Waals surface area contributed by atoms with Gasteiger partial charge in [0.1, 0.15) is 5.82 Å². The van der Waals surface area contributed by atoms with Crippen LogP contribution in [0.3, 0.4) is 0 Å². The van der Waals surface area contributed by atoms with E-state index in [1.165, 1.54) is 13.0 Å². The van der Waals surface area contributed by atoms with E-state index < -0.39 is 17.8 Å². The molecule has 1 fully saturated rings. The van der Waals surface area contributed by atoms with Gasteiger partial charge in [-0.25, -0.2) is 9.97 Å². The average molecular weight is 539 g/mol. The second kappa shape index (κ2) is 12.0. The number of hydrogen-bond acceptors (Lipinski definition) is 5. The molecule has 0 spiro atoms. The van der Waals surface area contributed by atoms with Crippen molar-refractivity contribution in [3.8, 4) is 0 Å². The number of aromatic nitrogens is 2. The van der Waals surface area contributed by atoms with Gasteiger partial charge < -0.3 is 15.0 Å². The SMILES string of the molecule is Cc1c([C@@H](C)Nc2nc(Cl)nc3c2CN(C(=O)C2CCCCOCC2)CCCC3)cccc1C(F)(F)F. The first kappa shape index (κ1) is 27.6. The minimum atomic E-state index is -4.43. The van der Waals surface area contributed by atoms with Gasteiger partial charge in [0.15, 0.2) is 0 Å². The van der Waals surface area contributed by atoms with Gasteiger partial charge in [0.2, 0.25) is 11.2 Å². The Hall–Kier alpha value is -2.39. The lowest BCUT2D eigenvalue weighted by molar-refractivity contribution is -0.138. The number of aryl methyl sites for hydroxylation is 1. The fraction of sp³-hybridized carbons (Fsp3) is 0.593.